The second-order valence-corrected chi connectivity index (χ2v) is 8.51. The lowest BCUT2D eigenvalue weighted by Gasteiger charge is -2.45. The summed E-state index contributed by atoms with van der Waals surface area (Å²) in [4.78, 5) is 15.1. The van der Waals surface area contributed by atoms with Crippen molar-refractivity contribution in [2.45, 2.75) is 31.2 Å². The molecule has 3 aromatic carbocycles. The smallest absolute Gasteiger partial charge is 0.411 e. The number of hydrogen-bond donors (Lipinski definition) is 0. The summed E-state index contributed by atoms with van der Waals surface area (Å²) in [7, 11) is 0. The Bertz CT molecular complexity index is 1070. The summed E-state index contributed by atoms with van der Waals surface area (Å²) in [6.45, 7) is 5.32. The molecule has 2 fully saturated rings. The van der Waals surface area contributed by atoms with Gasteiger partial charge in [0.15, 0.2) is 6.10 Å². The van der Waals surface area contributed by atoms with Crippen LogP contribution in [0.25, 0.3) is 0 Å². The first kappa shape index (κ1) is 20.5. The van der Waals surface area contributed by atoms with Gasteiger partial charge in [-0.15, -0.1) is 0 Å². The molecule has 2 aliphatic rings. The van der Waals surface area contributed by atoms with E-state index in [0.717, 1.165) is 28.7 Å². The minimum absolute atomic E-state index is 0.0182. The summed E-state index contributed by atoms with van der Waals surface area (Å²) in [6.07, 6.45) is 0.170. The number of carbonyl (C=O) groups is 1. The molecular weight excluding hydrogens is 398 g/mol. The summed E-state index contributed by atoms with van der Waals surface area (Å²) in [6, 6.07) is 30.1. The molecule has 0 radical (unpaired) electrons. The fourth-order valence-electron chi connectivity index (χ4n) is 4.79. The van der Waals surface area contributed by atoms with Gasteiger partial charge in [0.05, 0.1) is 13.2 Å². The van der Waals surface area contributed by atoms with Crippen LogP contribution in [0.1, 0.15) is 35.3 Å². The maximum Gasteiger partial charge on any atom is 0.411 e. The average molecular weight is 426 g/mol. The molecule has 3 aromatic rings. The molecule has 4 nitrogen and oxygen atoms in total. The summed E-state index contributed by atoms with van der Waals surface area (Å²) in [5.41, 5.74) is 4.35. The standard InChI is InChI=1S/C28H27NO3/c1-20-17-25(24(20)19-31-18-21-11-5-2-6-12-21)29-26(22-13-7-3-8-14-22)27(32-28(29)30)23-15-9-4-10-16-23/h2-16,24-27H,1,17-19H2/t24-,25-,26-,27+/m1/s1. The van der Waals surface area contributed by atoms with Crippen molar-refractivity contribution in [2.24, 2.45) is 5.92 Å². The van der Waals surface area contributed by atoms with Crippen molar-refractivity contribution in [3.63, 3.8) is 0 Å². The van der Waals surface area contributed by atoms with Gasteiger partial charge in [-0.2, -0.15) is 0 Å². The molecular formula is C28H27NO3. The van der Waals surface area contributed by atoms with Gasteiger partial charge in [0.25, 0.3) is 0 Å². The van der Waals surface area contributed by atoms with Crippen molar-refractivity contribution >= 4 is 6.09 Å². The quantitative estimate of drug-likeness (QED) is 0.431. The number of hydrogen-bond acceptors (Lipinski definition) is 3. The normalized spacial score (nSPS) is 24.8. The molecule has 0 unspecified atom stereocenters. The predicted molar refractivity (Wildman–Crippen MR) is 124 cm³/mol. The Hall–Kier alpha value is -3.37. The third-order valence-corrected chi connectivity index (χ3v) is 6.52. The number of carbonyl (C=O) groups excluding carboxylic acids is 1. The Morgan fingerprint density at radius 1 is 0.875 bits per heavy atom. The molecule has 1 amide bonds. The number of ether oxygens (including phenoxy) is 2. The SMILES string of the molecule is C=C1C[C@@H](N2C(=O)O[C@@H](c3ccccc3)[C@H]2c2ccccc2)[C@@H]1COCc1ccccc1. The van der Waals surface area contributed by atoms with Crippen LogP contribution in [-0.2, 0) is 16.1 Å². The van der Waals surface area contributed by atoms with E-state index in [2.05, 4.69) is 30.8 Å². The zero-order chi connectivity index (χ0) is 21.9. The molecule has 1 saturated carbocycles. The van der Waals surface area contributed by atoms with Crippen LogP contribution in [0.4, 0.5) is 4.79 Å². The van der Waals surface area contributed by atoms with Crippen LogP contribution in [0.2, 0.25) is 0 Å². The number of cyclic esters (lactones) is 1. The zero-order valence-corrected chi connectivity index (χ0v) is 18.0. The number of amides is 1. The lowest BCUT2D eigenvalue weighted by molar-refractivity contribution is 0.0313. The van der Waals surface area contributed by atoms with E-state index in [4.69, 9.17) is 9.47 Å². The van der Waals surface area contributed by atoms with E-state index in [1.807, 2.05) is 71.6 Å². The third-order valence-electron chi connectivity index (χ3n) is 6.52. The highest BCUT2D eigenvalue weighted by Crippen LogP contribution is 2.49. The topological polar surface area (TPSA) is 38.8 Å². The minimum atomic E-state index is -0.342. The summed E-state index contributed by atoms with van der Waals surface area (Å²) >= 11 is 0. The van der Waals surface area contributed by atoms with Gasteiger partial charge in [0, 0.05) is 12.0 Å². The molecule has 0 spiro atoms. The second-order valence-electron chi connectivity index (χ2n) is 8.51. The van der Waals surface area contributed by atoms with Crippen LogP contribution >= 0.6 is 0 Å². The van der Waals surface area contributed by atoms with Crippen LogP contribution < -0.4 is 0 Å². The van der Waals surface area contributed by atoms with Gasteiger partial charge in [-0.1, -0.05) is 103 Å². The van der Waals surface area contributed by atoms with Crippen molar-refractivity contribution in [3.8, 4) is 0 Å². The highest BCUT2D eigenvalue weighted by molar-refractivity contribution is 5.72. The Balaban J connectivity index is 1.38. The minimum Gasteiger partial charge on any atom is -0.439 e. The van der Waals surface area contributed by atoms with Gasteiger partial charge in [0.2, 0.25) is 0 Å². The molecule has 162 valence electrons. The highest BCUT2D eigenvalue weighted by atomic mass is 16.6. The van der Waals surface area contributed by atoms with Crippen LogP contribution in [-0.4, -0.2) is 23.6 Å². The van der Waals surface area contributed by atoms with E-state index in [9.17, 15) is 4.79 Å². The van der Waals surface area contributed by atoms with E-state index >= 15 is 0 Å². The van der Waals surface area contributed by atoms with E-state index in [1.54, 1.807) is 0 Å². The van der Waals surface area contributed by atoms with Gasteiger partial charge in [-0.3, -0.25) is 4.90 Å². The fraction of sp³-hybridized carbons (Fsp3) is 0.250. The highest BCUT2D eigenvalue weighted by Gasteiger charge is 2.52. The molecule has 32 heavy (non-hydrogen) atoms. The Labute approximate surface area is 189 Å². The van der Waals surface area contributed by atoms with Gasteiger partial charge in [-0.25, -0.2) is 4.79 Å². The average Bonchev–Trinajstić information content (AvgIpc) is 3.18. The molecule has 0 N–H and O–H groups in total. The van der Waals surface area contributed by atoms with Crippen LogP contribution in [0, 0.1) is 5.92 Å². The molecule has 1 aliphatic carbocycles. The maximum absolute atomic E-state index is 13.2. The Morgan fingerprint density at radius 2 is 1.47 bits per heavy atom. The van der Waals surface area contributed by atoms with E-state index in [1.165, 1.54) is 0 Å². The third kappa shape index (κ3) is 3.94. The van der Waals surface area contributed by atoms with Crippen molar-refractivity contribution in [1.82, 2.24) is 4.90 Å². The first-order chi connectivity index (χ1) is 15.7. The van der Waals surface area contributed by atoms with Crippen molar-refractivity contribution in [2.75, 3.05) is 6.61 Å². The lowest BCUT2D eigenvalue weighted by Crippen LogP contribution is -2.51. The largest absolute Gasteiger partial charge is 0.439 e. The van der Waals surface area contributed by atoms with Crippen molar-refractivity contribution in [3.05, 3.63) is 120 Å². The number of benzene rings is 3. The van der Waals surface area contributed by atoms with E-state index < -0.39 is 0 Å². The second kappa shape index (κ2) is 9.01. The maximum atomic E-state index is 13.2. The molecule has 0 bridgehead atoms. The van der Waals surface area contributed by atoms with Crippen LogP contribution in [0.5, 0.6) is 0 Å². The monoisotopic (exact) mass is 425 g/mol. The number of nitrogens with zero attached hydrogens (tertiary/aromatic N) is 1. The lowest BCUT2D eigenvalue weighted by atomic mass is 9.74. The van der Waals surface area contributed by atoms with Crippen LogP contribution in [0.15, 0.2) is 103 Å². The van der Waals surface area contributed by atoms with Gasteiger partial charge < -0.3 is 9.47 Å². The molecule has 1 saturated heterocycles. The molecule has 0 aromatic heterocycles. The molecule has 1 aliphatic heterocycles. The van der Waals surface area contributed by atoms with E-state index in [-0.39, 0.29) is 30.2 Å². The van der Waals surface area contributed by atoms with Gasteiger partial charge in [-0.05, 0) is 23.1 Å². The molecule has 1 heterocycles. The molecule has 4 atom stereocenters. The molecule has 4 heteroatoms. The summed E-state index contributed by atoms with van der Waals surface area (Å²) in [5, 5.41) is 0. The van der Waals surface area contributed by atoms with Crippen molar-refractivity contribution < 1.29 is 14.3 Å². The Kier molecular flexibility index (Phi) is 5.78. The zero-order valence-electron chi connectivity index (χ0n) is 18.0. The van der Waals surface area contributed by atoms with E-state index in [0.29, 0.717) is 13.2 Å². The predicted octanol–water partition coefficient (Wildman–Crippen LogP) is 6.08. The fourth-order valence-corrected chi connectivity index (χ4v) is 4.79. The first-order valence-electron chi connectivity index (χ1n) is 11.1. The Morgan fingerprint density at radius 3 is 2.09 bits per heavy atom. The van der Waals surface area contributed by atoms with Crippen molar-refractivity contribution in [1.29, 1.82) is 0 Å². The first-order valence-corrected chi connectivity index (χ1v) is 11.1. The van der Waals surface area contributed by atoms with Gasteiger partial charge >= 0.3 is 6.09 Å². The summed E-state index contributed by atoms with van der Waals surface area (Å²) in [5.74, 6) is 0.104. The van der Waals surface area contributed by atoms with Crippen LogP contribution in [0.3, 0.4) is 0 Å². The number of rotatable bonds is 7. The van der Waals surface area contributed by atoms with Gasteiger partial charge in [0.1, 0.15) is 6.04 Å². The molecule has 5 rings (SSSR count). The summed E-state index contributed by atoms with van der Waals surface area (Å²) < 4.78 is 12.0.